The summed E-state index contributed by atoms with van der Waals surface area (Å²) in [5.74, 6) is 0.910. The minimum atomic E-state index is 0.811. The zero-order chi connectivity index (χ0) is 14.6. The lowest BCUT2D eigenvalue weighted by molar-refractivity contribution is 0.143. The van der Waals surface area contributed by atoms with Crippen molar-refractivity contribution < 1.29 is 4.74 Å². The van der Waals surface area contributed by atoms with Gasteiger partial charge >= 0.3 is 0 Å². The molecule has 118 valence electrons. The maximum atomic E-state index is 5.32. The van der Waals surface area contributed by atoms with Crippen LogP contribution in [0.15, 0.2) is 4.99 Å². The molecule has 0 aromatic heterocycles. The highest BCUT2D eigenvalue weighted by molar-refractivity contribution is 5.79. The number of guanidine groups is 1. The van der Waals surface area contributed by atoms with Crippen LogP contribution >= 0.6 is 0 Å². The van der Waals surface area contributed by atoms with Gasteiger partial charge in [0.15, 0.2) is 5.96 Å². The van der Waals surface area contributed by atoms with E-state index in [1.807, 2.05) is 14.0 Å². The van der Waals surface area contributed by atoms with Gasteiger partial charge in [-0.25, -0.2) is 0 Å². The second-order valence-electron chi connectivity index (χ2n) is 5.19. The number of nitrogens with one attached hydrogen (secondary N) is 2. The fraction of sp³-hybridized carbons (Fsp3) is 0.933. The normalized spacial score (nSPS) is 15.7. The molecular formula is C15H32N4O. The van der Waals surface area contributed by atoms with Crippen LogP contribution < -0.4 is 10.6 Å². The van der Waals surface area contributed by atoms with Gasteiger partial charge in [-0.2, -0.15) is 0 Å². The van der Waals surface area contributed by atoms with Crippen molar-refractivity contribution in [2.75, 3.05) is 46.4 Å². The second-order valence-corrected chi connectivity index (χ2v) is 5.19. The molecule has 5 nitrogen and oxygen atoms in total. The summed E-state index contributed by atoms with van der Waals surface area (Å²) >= 11 is 0. The van der Waals surface area contributed by atoms with Gasteiger partial charge in [0.1, 0.15) is 0 Å². The van der Waals surface area contributed by atoms with E-state index in [2.05, 4.69) is 27.4 Å². The summed E-state index contributed by atoms with van der Waals surface area (Å²) in [6, 6.07) is 0.843. The average molecular weight is 284 g/mol. The van der Waals surface area contributed by atoms with E-state index in [4.69, 9.17) is 4.74 Å². The zero-order valence-corrected chi connectivity index (χ0v) is 13.5. The number of likely N-dealkylation sites (N-methyl/N-ethyl adjacent to an activating group) is 1. The van der Waals surface area contributed by atoms with Crippen molar-refractivity contribution in [2.24, 2.45) is 4.99 Å². The summed E-state index contributed by atoms with van der Waals surface area (Å²) < 4.78 is 5.32. The van der Waals surface area contributed by atoms with Crippen LogP contribution in [0.4, 0.5) is 0 Å². The van der Waals surface area contributed by atoms with E-state index in [1.54, 1.807) is 0 Å². The summed E-state index contributed by atoms with van der Waals surface area (Å²) in [6.45, 7) is 10.1. The molecule has 1 saturated carbocycles. The molecule has 0 saturated heterocycles. The van der Waals surface area contributed by atoms with Gasteiger partial charge in [-0.05, 0) is 39.2 Å². The molecule has 0 heterocycles. The molecule has 0 aromatic rings. The quantitative estimate of drug-likeness (QED) is 0.342. The Morgan fingerprint density at radius 1 is 1.20 bits per heavy atom. The lowest BCUT2D eigenvalue weighted by atomic mass is 10.3. The molecule has 0 unspecified atom stereocenters. The van der Waals surface area contributed by atoms with Crippen molar-refractivity contribution in [1.29, 1.82) is 0 Å². The van der Waals surface area contributed by atoms with Crippen LogP contribution in [0.2, 0.25) is 0 Å². The maximum Gasteiger partial charge on any atom is 0.191 e. The van der Waals surface area contributed by atoms with E-state index < -0.39 is 0 Å². The topological polar surface area (TPSA) is 48.9 Å². The number of unbranched alkanes of at least 4 members (excludes halogenated alkanes) is 1. The molecule has 0 atom stereocenters. The van der Waals surface area contributed by atoms with Crippen LogP contribution in [0.5, 0.6) is 0 Å². The zero-order valence-electron chi connectivity index (χ0n) is 13.5. The number of nitrogens with zero attached hydrogens (tertiary/aromatic N) is 2. The lowest BCUT2D eigenvalue weighted by Crippen LogP contribution is -2.42. The SMILES string of the molecule is CCOCCCCNC(=NC)NCCN(CC)C1CC1. The number of rotatable bonds is 11. The number of hydrogen-bond acceptors (Lipinski definition) is 3. The number of ether oxygens (including phenoxy) is 1. The maximum absolute atomic E-state index is 5.32. The molecular weight excluding hydrogens is 252 g/mol. The highest BCUT2D eigenvalue weighted by Crippen LogP contribution is 2.25. The number of aliphatic imine (C=N–C) groups is 1. The summed E-state index contributed by atoms with van der Waals surface area (Å²) in [4.78, 5) is 6.79. The smallest absolute Gasteiger partial charge is 0.191 e. The van der Waals surface area contributed by atoms with Gasteiger partial charge in [0.25, 0.3) is 0 Å². The van der Waals surface area contributed by atoms with Crippen LogP contribution in [0.25, 0.3) is 0 Å². The highest BCUT2D eigenvalue weighted by Gasteiger charge is 2.27. The van der Waals surface area contributed by atoms with Crippen molar-refractivity contribution in [3.8, 4) is 0 Å². The Balaban J connectivity index is 2.01. The molecule has 0 aromatic carbocycles. The molecule has 1 fully saturated rings. The van der Waals surface area contributed by atoms with Crippen molar-refractivity contribution in [3.63, 3.8) is 0 Å². The summed E-state index contributed by atoms with van der Waals surface area (Å²) in [7, 11) is 1.83. The Hall–Kier alpha value is -0.810. The Morgan fingerprint density at radius 3 is 2.55 bits per heavy atom. The van der Waals surface area contributed by atoms with Gasteiger partial charge in [0.05, 0.1) is 0 Å². The molecule has 20 heavy (non-hydrogen) atoms. The average Bonchev–Trinajstić information content (AvgIpc) is 3.29. The van der Waals surface area contributed by atoms with E-state index in [0.29, 0.717) is 0 Å². The summed E-state index contributed by atoms with van der Waals surface area (Å²) in [5, 5.41) is 6.73. The van der Waals surface area contributed by atoms with Crippen molar-refractivity contribution >= 4 is 5.96 Å². The molecule has 1 rings (SSSR count). The second kappa shape index (κ2) is 10.9. The van der Waals surface area contributed by atoms with Crippen LogP contribution in [0.1, 0.15) is 39.5 Å². The molecule has 0 radical (unpaired) electrons. The molecule has 5 heteroatoms. The monoisotopic (exact) mass is 284 g/mol. The fourth-order valence-corrected chi connectivity index (χ4v) is 2.26. The Morgan fingerprint density at radius 2 is 1.95 bits per heavy atom. The first-order valence-electron chi connectivity index (χ1n) is 8.08. The van der Waals surface area contributed by atoms with Crippen LogP contribution in [-0.4, -0.2) is 63.3 Å². The Bertz CT molecular complexity index is 267. The highest BCUT2D eigenvalue weighted by atomic mass is 16.5. The van der Waals surface area contributed by atoms with Crippen molar-refractivity contribution in [3.05, 3.63) is 0 Å². The van der Waals surface area contributed by atoms with Gasteiger partial charge in [0.2, 0.25) is 0 Å². The van der Waals surface area contributed by atoms with E-state index in [9.17, 15) is 0 Å². The van der Waals surface area contributed by atoms with Crippen LogP contribution in [0, 0.1) is 0 Å². The minimum absolute atomic E-state index is 0.811. The third kappa shape index (κ3) is 7.70. The first-order chi connectivity index (χ1) is 9.81. The van der Waals surface area contributed by atoms with Crippen molar-refractivity contribution in [2.45, 2.75) is 45.6 Å². The molecule has 1 aliphatic rings. The molecule has 0 aliphatic heterocycles. The van der Waals surface area contributed by atoms with E-state index in [1.165, 1.54) is 12.8 Å². The summed E-state index contributed by atoms with van der Waals surface area (Å²) in [5.41, 5.74) is 0. The molecule has 0 spiro atoms. The van der Waals surface area contributed by atoms with Crippen LogP contribution in [0.3, 0.4) is 0 Å². The first kappa shape index (κ1) is 17.2. The molecule has 0 amide bonds. The summed E-state index contributed by atoms with van der Waals surface area (Å²) in [6.07, 6.45) is 4.97. The third-order valence-electron chi connectivity index (χ3n) is 3.60. The van der Waals surface area contributed by atoms with Gasteiger partial charge in [-0.15, -0.1) is 0 Å². The Kier molecular flexibility index (Phi) is 9.41. The predicted octanol–water partition coefficient (Wildman–Crippen LogP) is 1.45. The van der Waals surface area contributed by atoms with Gasteiger partial charge in [-0.1, -0.05) is 6.92 Å². The molecule has 2 N–H and O–H groups in total. The Labute approximate surface area is 124 Å². The van der Waals surface area contributed by atoms with Gasteiger partial charge in [0, 0.05) is 45.9 Å². The number of hydrogen-bond donors (Lipinski definition) is 2. The fourth-order valence-electron chi connectivity index (χ4n) is 2.26. The largest absolute Gasteiger partial charge is 0.382 e. The van der Waals surface area contributed by atoms with Crippen molar-refractivity contribution in [1.82, 2.24) is 15.5 Å². The predicted molar refractivity (Wildman–Crippen MR) is 85.4 cm³/mol. The molecule has 1 aliphatic carbocycles. The lowest BCUT2D eigenvalue weighted by Gasteiger charge is -2.20. The van der Waals surface area contributed by atoms with Gasteiger partial charge < -0.3 is 15.4 Å². The van der Waals surface area contributed by atoms with E-state index in [-0.39, 0.29) is 0 Å². The standard InChI is InChI=1S/C15H32N4O/c1-4-19(14-8-9-14)12-11-18-15(16-3)17-10-6-7-13-20-5-2/h14H,4-13H2,1-3H3,(H2,16,17,18). The first-order valence-corrected chi connectivity index (χ1v) is 8.08. The molecule has 0 bridgehead atoms. The van der Waals surface area contributed by atoms with E-state index in [0.717, 1.165) is 64.2 Å². The van der Waals surface area contributed by atoms with Crippen LogP contribution in [-0.2, 0) is 4.74 Å². The minimum Gasteiger partial charge on any atom is -0.382 e. The third-order valence-corrected chi connectivity index (χ3v) is 3.60. The van der Waals surface area contributed by atoms with E-state index >= 15 is 0 Å². The van der Waals surface area contributed by atoms with Gasteiger partial charge in [-0.3, -0.25) is 9.89 Å².